The van der Waals surface area contributed by atoms with E-state index in [0.29, 0.717) is 13.2 Å². The molecule has 2 aromatic heterocycles. The van der Waals surface area contributed by atoms with E-state index in [4.69, 9.17) is 4.74 Å². The molecule has 0 bridgehead atoms. The van der Waals surface area contributed by atoms with E-state index in [-0.39, 0.29) is 23.2 Å². The number of ether oxygens (including phenoxy) is 1. The van der Waals surface area contributed by atoms with Gasteiger partial charge in [0.2, 0.25) is 0 Å². The number of aromatic nitrogens is 3. The summed E-state index contributed by atoms with van der Waals surface area (Å²) >= 11 is 0. The summed E-state index contributed by atoms with van der Waals surface area (Å²) in [6.07, 6.45) is 1.67. The number of nitrogens with zero attached hydrogens (tertiary/aromatic N) is 3. The largest absolute Gasteiger partial charge is 0.383 e. The number of carbonyl (C=O) groups is 1. The van der Waals surface area contributed by atoms with Crippen molar-refractivity contribution in [2.24, 2.45) is 0 Å². The molecule has 0 aromatic carbocycles. The molecule has 0 saturated heterocycles. The molecule has 2 heterocycles. The molecule has 1 N–H and O–H groups in total. The Kier molecular flexibility index (Phi) is 5.37. The number of rotatable bonds is 6. The minimum absolute atomic E-state index is 0.179. The van der Waals surface area contributed by atoms with Crippen LogP contribution in [-0.4, -0.2) is 34.4 Å². The molecule has 7 nitrogen and oxygen atoms in total. The lowest BCUT2D eigenvalue weighted by atomic mass is 10.2. The van der Waals surface area contributed by atoms with Gasteiger partial charge >= 0.3 is 0 Å². The fourth-order valence-corrected chi connectivity index (χ4v) is 1.88. The molecule has 0 aliphatic heterocycles. The van der Waals surface area contributed by atoms with E-state index in [9.17, 15) is 9.59 Å². The first-order valence-electron chi connectivity index (χ1n) is 6.90. The first kappa shape index (κ1) is 15.8. The number of methoxy groups -OCH3 is 1. The number of amides is 1. The highest BCUT2D eigenvalue weighted by Crippen LogP contribution is 2.08. The Hall–Kier alpha value is -2.54. The Labute approximate surface area is 128 Å². The third-order valence-electron chi connectivity index (χ3n) is 3.09. The van der Waals surface area contributed by atoms with Crippen LogP contribution in [0, 0.1) is 0 Å². The first-order chi connectivity index (χ1) is 10.6. The molecular formula is C15H18N4O3. The molecule has 2 aromatic rings. The zero-order valence-corrected chi connectivity index (χ0v) is 12.5. The second-order valence-electron chi connectivity index (χ2n) is 4.72. The lowest BCUT2D eigenvalue weighted by Crippen LogP contribution is -2.32. The summed E-state index contributed by atoms with van der Waals surface area (Å²) in [5.41, 5.74) is 0.661. The molecule has 0 radical (unpaired) electrons. The lowest BCUT2D eigenvalue weighted by Gasteiger charge is -2.13. The van der Waals surface area contributed by atoms with E-state index in [0.717, 1.165) is 5.69 Å². The Bertz CT molecular complexity index is 685. The first-order valence-corrected chi connectivity index (χ1v) is 6.90. The summed E-state index contributed by atoms with van der Waals surface area (Å²) < 4.78 is 6.13. The van der Waals surface area contributed by atoms with Crippen LogP contribution in [-0.2, 0) is 11.3 Å². The van der Waals surface area contributed by atoms with E-state index in [1.807, 2.05) is 25.1 Å². The van der Waals surface area contributed by atoms with Crippen LogP contribution in [0.1, 0.15) is 29.1 Å². The quantitative estimate of drug-likeness (QED) is 0.852. The minimum Gasteiger partial charge on any atom is -0.383 e. The van der Waals surface area contributed by atoms with Gasteiger partial charge in [0.05, 0.1) is 24.9 Å². The Morgan fingerprint density at radius 1 is 1.36 bits per heavy atom. The third kappa shape index (κ3) is 3.98. The van der Waals surface area contributed by atoms with Crippen LogP contribution in [0.4, 0.5) is 0 Å². The highest BCUT2D eigenvalue weighted by Gasteiger charge is 2.14. The molecule has 0 spiro atoms. The predicted octanol–water partition coefficient (Wildman–Crippen LogP) is 0.776. The van der Waals surface area contributed by atoms with Crippen LogP contribution >= 0.6 is 0 Å². The van der Waals surface area contributed by atoms with Gasteiger partial charge in [-0.05, 0) is 25.1 Å². The van der Waals surface area contributed by atoms with Gasteiger partial charge in [0.15, 0.2) is 0 Å². The summed E-state index contributed by atoms with van der Waals surface area (Å²) in [6, 6.07) is 7.97. The van der Waals surface area contributed by atoms with Gasteiger partial charge in [-0.1, -0.05) is 6.07 Å². The van der Waals surface area contributed by atoms with Crippen molar-refractivity contribution in [1.29, 1.82) is 0 Å². The molecule has 22 heavy (non-hydrogen) atoms. The summed E-state index contributed by atoms with van der Waals surface area (Å²) in [5.74, 6) is -0.357. The topological polar surface area (TPSA) is 86.1 Å². The van der Waals surface area contributed by atoms with E-state index >= 15 is 0 Å². The average Bonchev–Trinajstić information content (AvgIpc) is 2.54. The number of hydrogen-bond donors (Lipinski definition) is 1. The number of hydrogen-bond acceptors (Lipinski definition) is 5. The molecule has 0 aliphatic carbocycles. The fourth-order valence-electron chi connectivity index (χ4n) is 1.88. The molecule has 1 atom stereocenters. The summed E-state index contributed by atoms with van der Waals surface area (Å²) in [5, 5.41) is 6.85. The van der Waals surface area contributed by atoms with Crippen molar-refractivity contribution in [1.82, 2.24) is 20.1 Å². The molecule has 2 rings (SSSR count). The molecule has 7 heteroatoms. The maximum absolute atomic E-state index is 12.2. The van der Waals surface area contributed by atoms with Crippen LogP contribution in [0.5, 0.6) is 0 Å². The molecule has 0 unspecified atom stereocenters. The van der Waals surface area contributed by atoms with Gasteiger partial charge < -0.3 is 10.1 Å². The molecular weight excluding hydrogens is 284 g/mol. The molecule has 0 fully saturated rings. The Balaban J connectivity index is 2.11. The highest BCUT2D eigenvalue weighted by molar-refractivity contribution is 5.92. The van der Waals surface area contributed by atoms with Gasteiger partial charge in [-0.3, -0.25) is 14.6 Å². The van der Waals surface area contributed by atoms with E-state index in [2.05, 4.69) is 15.4 Å². The van der Waals surface area contributed by atoms with Crippen molar-refractivity contribution >= 4 is 5.91 Å². The van der Waals surface area contributed by atoms with Crippen molar-refractivity contribution in [3.8, 4) is 0 Å². The van der Waals surface area contributed by atoms with Crippen LogP contribution in [0.25, 0.3) is 0 Å². The SMILES string of the molecule is COCCn1nc(C(=O)N[C@H](C)c2ccccn2)ccc1=O. The molecule has 116 valence electrons. The number of carbonyl (C=O) groups excluding carboxylic acids is 1. The molecule has 1 amide bonds. The number of pyridine rings is 1. The highest BCUT2D eigenvalue weighted by atomic mass is 16.5. The monoisotopic (exact) mass is 302 g/mol. The maximum atomic E-state index is 12.2. The van der Waals surface area contributed by atoms with Crippen molar-refractivity contribution in [2.75, 3.05) is 13.7 Å². The van der Waals surface area contributed by atoms with Crippen LogP contribution < -0.4 is 10.9 Å². The van der Waals surface area contributed by atoms with Crippen molar-refractivity contribution in [2.45, 2.75) is 19.5 Å². The zero-order valence-electron chi connectivity index (χ0n) is 12.5. The van der Waals surface area contributed by atoms with Gasteiger partial charge in [-0.2, -0.15) is 5.10 Å². The maximum Gasteiger partial charge on any atom is 0.272 e. The van der Waals surface area contributed by atoms with Crippen molar-refractivity contribution in [3.63, 3.8) is 0 Å². The third-order valence-corrected chi connectivity index (χ3v) is 3.09. The van der Waals surface area contributed by atoms with Gasteiger partial charge in [0.25, 0.3) is 11.5 Å². The number of nitrogens with one attached hydrogen (secondary N) is 1. The van der Waals surface area contributed by atoms with Gasteiger partial charge in [-0.25, -0.2) is 4.68 Å². The Morgan fingerprint density at radius 2 is 2.18 bits per heavy atom. The normalized spacial score (nSPS) is 11.9. The second kappa shape index (κ2) is 7.46. The van der Waals surface area contributed by atoms with Crippen LogP contribution in [0.3, 0.4) is 0 Å². The van der Waals surface area contributed by atoms with E-state index < -0.39 is 0 Å². The molecule has 0 saturated carbocycles. The smallest absolute Gasteiger partial charge is 0.272 e. The van der Waals surface area contributed by atoms with Crippen molar-refractivity contribution in [3.05, 3.63) is 58.3 Å². The summed E-state index contributed by atoms with van der Waals surface area (Å²) in [4.78, 5) is 28.1. The minimum atomic E-state index is -0.357. The Morgan fingerprint density at radius 3 is 2.86 bits per heavy atom. The molecule has 0 aliphatic rings. The average molecular weight is 302 g/mol. The van der Waals surface area contributed by atoms with Gasteiger partial charge in [-0.15, -0.1) is 0 Å². The van der Waals surface area contributed by atoms with Gasteiger partial charge in [0, 0.05) is 19.4 Å². The fraction of sp³-hybridized carbons (Fsp3) is 0.333. The van der Waals surface area contributed by atoms with Crippen LogP contribution in [0.2, 0.25) is 0 Å². The van der Waals surface area contributed by atoms with Gasteiger partial charge in [0.1, 0.15) is 5.69 Å². The standard InChI is InChI=1S/C15H18N4O3/c1-11(12-5-3-4-8-16-12)17-15(21)13-6-7-14(20)19(18-13)9-10-22-2/h3-8,11H,9-10H2,1-2H3,(H,17,21)/t11-/m1/s1. The predicted molar refractivity (Wildman–Crippen MR) is 80.5 cm³/mol. The zero-order chi connectivity index (χ0) is 15.9. The van der Waals surface area contributed by atoms with E-state index in [1.165, 1.54) is 23.9 Å². The summed E-state index contributed by atoms with van der Waals surface area (Å²) in [6.45, 7) is 2.48. The van der Waals surface area contributed by atoms with Crippen LogP contribution in [0.15, 0.2) is 41.3 Å². The summed E-state index contributed by atoms with van der Waals surface area (Å²) in [7, 11) is 1.54. The second-order valence-corrected chi connectivity index (χ2v) is 4.72. The van der Waals surface area contributed by atoms with E-state index in [1.54, 1.807) is 6.20 Å². The lowest BCUT2D eigenvalue weighted by molar-refractivity contribution is 0.0930. The van der Waals surface area contributed by atoms with Crippen molar-refractivity contribution < 1.29 is 9.53 Å².